The van der Waals surface area contributed by atoms with Crippen LogP contribution in [0.1, 0.15) is 0 Å². The van der Waals surface area contributed by atoms with E-state index in [9.17, 15) is 0 Å². The van der Waals surface area contributed by atoms with E-state index in [1.807, 2.05) is 0 Å². The summed E-state index contributed by atoms with van der Waals surface area (Å²) in [5.74, 6) is 0. The molecule has 0 aliphatic rings. The Morgan fingerprint density at radius 3 is 1.15 bits per heavy atom. The molecule has 78 valence electrons. The van der Waals surface area contributed by atoms with Crippen LogP contribution in [-0.2, 0) is 50.4 Å². The van der Waals surface area contributed by atoms with E-state index in [0.29, 0.717) is 0 Å². The van der Waals surface area contributed by atoms with Crippen molar-refractivity contribution >= 4 is 26.6 Å². The molecule has 0 aliphatic heterocycles. The van der Waals surface area contributed by atoms with Crippen LogP contribution in [0.5, 0.6) is 0 Å². The molecule has 0 rings (SSSR count). The molecule has 0 aliphatic carbocycles. The summed E-state index contributed by atoms with van der Waals surface area (Å²) in [7, 11) is -2.91. The van der Waals surface area contributed by atoms with Gasteiger partial charge in [-0.2, -0.15) is 0 Å². The molecule has 2 radical (unpaired) electrons. The number of hydrogen-bond donors (Lipinski definition) is 0. The maximum Gasteiger partial charge on any atom is 0.310 e. The maximum absolute atomic E-state index is 5.79. The monoisotopic (exact) mass is 574 g/mol. The summed E-state index contributed by atoms with van der Waals surface area (Å²) < 4.78 is 11.6. The Morgan fingerprint density at radius 1 is 0.769 bits per heavy atom. The largest absolute Gasteiger partial charge is 0.437 e. The van der Waals surface area contributed by atoms with Gasteiger partial charge in [0.1, 0.15) is 0 Å². The predicted molar refractivity (Wildman–Crippen MR) is 54.6 cm³/mol. The van der Waals surface area contributed by atoms with Crippen molar-refractivity contribution in [2.75, 3.05) is 0 Å². The van der Waals surface area contributed by atoms with Gasteiger partial charge < -0.3 is 8.23 Å². The topological polar surface area (TPSA) is 18.5 Å². The molecule has 7 heteroatoms. The standard InChI is InChI=1S/C6H18O2Si3.2W/c1-9(2)7-11(5,6)8-10(3)4;;/h1-6H3;;. The van der Waals surface area contributed by atoms with Gasteiger partial charge in [-0.25, -0.2) is 0 Å². The van der Waals surface area contributed by atoms with Crippen molar-refractivity contribution in [3.8, 4) is 0 Å². The molecule has 0 fully saturated rings. The van der Waals surface area contributed by atoms with Crippen LogP contribution in [0.25, 0.3) is 0 Å². The van der Waals surface area contributed by atoms with Gasteiger partial charge in [-0.05, 0) is 39.3 Å². The molecule has 0 aromatic rings. The van der Waals surface area contributed by atoms with Gasteiger partial charge >= 0.3 is 8.56 Å². The first-order chi connectivity index (χ1) is 4.83. The van der Waals surface area contributed by atoms with Crippen LogP contribution < -0.4 is 0 Å². The summed E-state index contributed by atoms with van der Waals surface area (Å²) in [6, 6.07) is 0. The molecule has 0 saturated carbocycles. The Hall–Kier alpha value is 1.95. The first-order valence-electron chi connectivity index (χ1n) is 3.82. The zero-order valence-electron chi connectivity index (χ0n) is 9.13. The fourth-order valence-corrected chi connectivity index (χ4v) is 9.41. The summed E-state index contributed by atoms with van der Waals surface area (Å²) in [6.07, 6.45) is 0. The van der Waals surface area contributed by atoms with Crippen molar-refractivity contribution in [2.24, 2.45) is 0 Å². The Bertz CT molecular complexity index is 110. The number of hydrogen-bond acceptors (Lipinski definition) is 2. The van der Waals surface area contributed by atoms with Crippen molar-refractivity contribution in [3.63, 3.8) is 0 Å². The second kappa shape index (κ2) is 9.19. The van der Waals surface area contributed by atoms with E-state index in [0.717, 1.165) is 0 Å². The minimum absolute atomic E-state index is 0. The molecule has 0 amide bonds. The van der Waals surface area contributed by atoms with Gasteiger partial charge in [0.05, 0.1) is 0 Å². The minimum atomic E-state index is -1.74. The van der Waals surface area contributed by atoms with E-state index in [2.05, 4.69) is 39.3 Å². The van der Waals surface area contributed by atoms with Crippen LogP contribution in [0.2, 0.25) is 39.3 Å². The van der Waals surface area contributed by atoms with E-state index in [1.54, 1.807) is 0 Å². The molecular weight excluding hydrogens is 556 g/mol. The minimum Gasteiger partial charge on any atom is -0.437 e. The van der Waals surface area contributed by atoms with E-state index < -0.39 is 26.6 Å². The van der Waals surface area contributed by atoms with Gasteiger partial charge in [0.25, 0.3) is 0 Å². The summed E-state index contributed by atoms with van der Waals surface area (Å²) in [4.78, 5) is 0. The molecule has 0 bridgehead atoms. The van der Waals surface area contributed by atoms with Gasteiger partial charge in [0.15, 0.2) is 18.1 Å². The van der Waals surface area contributed by atoms with Crippen molar-refractivity contribution in [2.45, 2.75) is 39.3 Å². The fourth-order valence-electron chi connectivity index (χ4n) is 1.00. The molecule has 13 heavy (non-hydrogen) atoms. The van der Waals surface area contributed by atoms with E-state index in [1.165, 1.54) is 0 Å². The van der Waals surface area contributed by atoms with E-state index in [-0.39, 0.29) is 42.1 Å². The van der Waals surface area contributed by atoms with Crippen LogP contribution in [0.15, 0.2) is 0 Å². The zero-order chi connectivity index (χ0) is 9.07. The van der Waals surface area contributed by atoms with Crippen LogP contribution in [0.4, 0.5) is 0 Å². The molecule has 0 heterocycles. The van der Waals surface area contributed by atoms with E-state index in [4.69, 9.17) is 8.23 Å². The molecular formula is C6H18O2Si3W2. The molecule has 0 unspecified atom stereocenters. The second-order valence-corrected chi connectivity index (χ2v) is 11.5. The number of rotatable bonds is 4. The van der Waals surface area contributed by atoms with Crippen molar-refractivity contribution in [3.05, 3.63) is 0 Å². The van der Waals surface area contributed by atoms with Gasteiger partial charge in [-0.1, -0.05) is 0 Å². The van der Waals surface area contributed by atoms with Crippen LogP contribution in [0, 0.1) is 0 Å². The molecule has 0 spiro atoms. The smallest absolute Gasteiger partial charge is 0.310 e. The first kappa shape index (κ1) is 20.4. The normalized spacial score (nSPS) is 11.1. The van der Waals surface area contributed by atoms with Crippen LogP contribution in [0.3, 0.4) is 0 Å². The van der Waals surface area contributed by atoms with Crippen molar-refractivity contribution < 1.29 is 50.4 Å². The summed E-state index contributed by atoms with van der Waals surface area (Å²) in [5, 5.41) is 0. The third-order valence-electron chi connectivity index (χ3n) is 0.900. The molecule has 0 N–H and O–H groups in total. The van der Waals surface area contributed by atoms with E-state index >= 15 is 0 Å². The quantitative estimate of drug-likeness (QED) is 0.480. The Labute approximate surface area is 115 Å². The molecule has 0 saturated heterocycles. The zero-order valence-corrected chi connectivity index (χ0v) is 18.0. The van der Waals surface area contributed by atoms with Gasteiger partial charge in [-0.15, -0.1) is 0 Å². The third kappa shape index (κ3) is 13.9. The summed E-state index contributed by atoms with van der Waals surface area (Å²) in [6.45, 7) is 12.9. The average molecular weight is 574 g/mol. The predicted octanol–water partition coefficient (Wildman–Crippen LogP) is 2.22. The van der Waals surface area contributed by atoms with Crippen molar-refractivity contribution in [1.29, 1.82) is 0 Å². The first-order valence-corrected chi connectivity index (χ1v) is 11.4. The molecule has 0 aromatic carbocycles. The second-order valence-electron chi connectivity index (χ2n) is 3.42. The van der Waals surface area contributed by atoms with Crippen LogP contribution in [-0.4, -0.2) is 26.6 Å². The third-order valence-corrected chi connectivity index (χ3v) is 8.10. The summed E-state index contributed by atoms with van der Waals surface area (Å²) in [5.41, 5.74) is 0. The van der Waals surface area contributed by atoms with Crippen molar-refractivity contribution in [1.82, 2.24) is 0 Å². The maximum atomic E-state index is 5.79. The van der Waals surface area contributed by atoms with Gasteiger partial charge in [0, 0.05) is 42.1 Å². The Balaban J connectivity index is -0.000000500. The molecule has 0 aromatic heterocycles. The SMILES string of the molecule is C[Si](C)O[Si](C)(C)O[Si](C)C.[W].[W]. The van der Waals surface area contributed by atoms with Crippen LogP contribution >= 0.6 is 0 Å². The molecule has 0 atom stereocenters. The molecule has 2 nitrogen and oxygen atoms in total. The Morgan fingerprint density at radius 2 is 1.00 bits per heavy atom. The summed E-state index contributed by atoms with van der Waals surface area (Å²) >= 11 is 0. The fraction of sp³-hybridized carbons (Fsp3) is 1.00. The Kier molecular flexibility index (Phi) is 14.4. The van der Waals surface area contributed by atoms with Gasteiger partial charge in [-0.3, -0.25) is 0 Å². The average Bonchev–Trinajstić information content (AvgIpc) is 1.53. The van der Waals surface area contributed by atoms with Gasteiger partial charge in [0.2, 0.25) is 0 Å².